The molecule has 0 radical (unpaired) electrons. The van der Waals surface area contributed by atoms with Gasteiger partial charge in [-0.05, 0) is 48.9 Å². The Bertz CT molecular complexity index is 1350. The molecule has 3 heterocycles. The average molecular weight is 546 g/mol. The summed E-state index contributed by atoms with van der Waals surface area (Å²) < 4.78 is 33.1. The lowest BCUT2D eigenvalue weighted by atomic mass is 9.88. The summed E-state index contributed by atoms with van der Waals surface area (Å²) in [6.45, 7) is 1.33. The maximum atomic E-state index is 13.5. The number of nitrogens with one attached hydrogen (secondary N) is 1. The number of piperidine rings is 1. The highest BCUT2D eigenvalue weighted by Crippen LogP contribution is 2.42. The van der Waals surface area contributed by atoms with Crippen molar-refractivity contribution in [1.82, 2.24) is 24.5 Å². The monoisotopic (exact) mass is 545 g/mol. The van der Waals surface area contributed by atoms with Gasteiger partial charge in [-0.1, -0.05) is 24.6 Å². The quantitative estimate of drug-likeness (QED) is 0.400. The van der Waals surface area contributed by atoms with Crippen molar-refractivity contribution in [2.24, 2.45) is 0 Å². The smallest absolute Gasteiger partial charge is 0.258 e. The molecule has 2 amide bonds. The second kappa shape index (κ2) is 10.5. The van der Waals surface area contributed by atoms with E-state index in [1.165, 1.54) is 4.31 Å². The van der Waals surface area contributed by atoms with E-state index >= 15 is 0 Å². The van der Waals surface area contributed by atoms with E-state index in [1.54, 1.807) is 18.1 Å². The van der Waals surface area contributed by atoms with Crippen LogP contribution in [0.1, 0.15) is 59.6 Å². The van der Waals surface area contributed by atoms with E-state index in [1.807, 2.05) is 18.2 Å². The standard InChI is InChI=1S/C25H28ClN5O5S/c1-36-13-5-11-30-20-10-9-19(17-6-4-7-18(22(17)20)24(30)33)29-23(32)21-8-2-3-12-31(21)37(34,35)16-14-27-25(26)28-15-16/h4,6-7,10,14-15,19,21H,2-3,5,8-9,11-13H2,1H3,(H,29,32). The number of hydrogen-bond donors (Lipinski definition) is 1. The molecule has 1 aromatic carbocycles. The minimum absolute atomic E-state index is 0.0530. The van der Waals surface area contributed by atoms with Crippen LogP contribution in [-0.4, -0.2) is 72.3 Å². The van der Waals surface area contributed by atoms with Gasteiger partial charge in [0.1, 0.15) is 10.9 Å². The maximum absolute atomic E-state index is 13.5. The van der Waals surface area contributed by atoms with Crippen molar-refractivity contribution in [3.63, 3.8) is 0 Å². The Labute approximate surface area is 220 Å². The first-order valence-corrected chi connectivity index (χ1v) is 14.1. The van der Waals surface area contributed by atoms with Crippen molar-refractivity contribution >= 4 is 39.1 Å². The maximum Gasteiger partial charge on any atom is 0.258 e. The zero-order chi connectivity index (χ0) is 26.2. The molecule has 1 fully saturated rings. The average Bonchev–Trinajstić information content (AvgIpc) is 3.18. The van der Waals surface area contributed by atoms with Crippen LogP contribution < -0.4 is 5.32 Å². The lowest BCUT2D eigenvalue weighted by Gasteiger charge is -2.35. The van der Waals surface area contributed by atoms with Crippen molar-refractivity contribution in [1.29, 1.82) is 0 Å². The number of carbonyl (C=O) groups excluding carboxylic acids is 2. The SMILES string of the molecule is COCCCN1C(=O)c2cccc3c2C1=CCC3NC(=O)C1CCCCN1S(=O)(=O)c1cnc(Cl)nc1. The number of amides is 2. The van der Waals surface area contributed by atoms with E-state index in [-0.39, 0.29) is 34.6 Å². The van der Waals surface area contributed by atoms with Gasteiger partial charge in [-0.25, -0.2) is 18.4 Å². The molecule has 1 aromatic heterocycles. The highest BCUT2D eigenvalue weighted by atomic mass is 35.5. The normalized spacial score (nSPS) is 21.5. The van der Waals surface area contributed by atoms with Crippen molar-refractivity contribution in [2.75, 3.05) is 26.8 Å². The summed E-state index contributed by atoms with van der Waals surface area (Å²) in [5.74, 6) is -0.417. The van der Waals surface area contributed by atoms with E-state index in [4.69, 9.17) is 16.3 Å². The van der Waals surface area contributed by atoms with Crippen LogP contribution >= 0.6 is 11.6 Å². The molecule has 196 valence electrons. The third-order valence-electron chi connectivity index (χ3n) is 7.05. The van der Waals surface area contributed by atoms with E-state index in [9.17, 15) is 18.0 Å². The van der Waals surface area contributed by atoms with E-state index in [2.05, 4.69) is 15.3 Å². The van der Waals surface area contributed by atoms with Gasteiger partial charge in [0.25, 0.3) is 5.91 Å². The molecule has 1 N–H and O–H groups in total. The molecule has 5 rings (SSSR count). The molecule has 3 aliphatic rings. The summed E-state index contributed by atoms with van der Waals surface area (Å²) in [6.07, 6.45) is 7.31. The highest BCUT2D eigenvalue weighted by molar-refractivity contribution is 7.89. The molecule has 0 saturated carbocycles. The fourth-order valence-electron chi connectivity index (χ4n) is 5.30. The molecule has 10 nitrogen and oxygen atoms in total. The summed E-state index contributed by atoms with van der Waals surface area (Å²) in [5, 5.41) is 3.02. The van der Waals surface area contributed by atoms with Gasteiger partial charge in [0.15, 0.2) is 0 Å². The van der Waals surface area contributed by atoms with Crippen molar-refractivity contribution in [2.45, 2.75) is 49.1 Å². The first kappa shape index (κ1) is 25.8. The Balaban J connectivity index is 1.38. The number of nitrogens with zero attached hydrogens (tertiary/aromatic N) is 4. The Morgan fingerprint density at radius 3 is 2.78 bits per heavy atom. The molecule has 1 saturated heterocycles. The lowest BCUT2D eigenvalue weighted by molar-refractivity contribution is -0.126. The third-order valence-corrected chi connectivity index (χ3v) is 9.10. The Hall–Kier alpha value is -2.86. The third kappa shape index (κ3) is 4.76. The topological polar surface area (TPSA) is 122 Å². The van der Waals surface area contributed by atoms with Crippen LogP contribution in [0.5, 0.6) is 0 Å². The van der Waals surface area contributed by atoms with Gasteiger partial charge in [-0.3, -0.25) is 9.59 Å². The number of benzene rings is 1. The predicted molar refractivity (Wildman–Crippen MR) is 136 cm³/mol. The number of methoxy groups -OCH3 is 1. The Kier molecular flexibility index (Phi) is 7.30. The van der Waals surface area contributed by atoms with Gasteiger partial charge < -0.3 is 15.0 Å². The van der Waals surface area contributed by atoms with Crippen LogP contribution in [0.25, 0.3) is 5.70 Å². The van der Waals surface area contributed by atoms with E-state index in [0.29, 0.717) is 44.4 Å². The number of aromatic nitrogens is 2. The summed E-state index contributed by atoms with van der Waals surface area (Å²) >= 11 is 5.72. The first-order valence-electron chi connectivity index (χ1n) is 12.3. The van der Waals surface area contributed by atoms with Gasteiger partial charge in [0.2, 0.25) is 21.2 Å². The largest absolute Gasteiger partial charge is 0.385 e. The van der Waals surface area contributed by atoms with Crippen molar-refractivity contribution < 1.29 is 22.7 Å². The molecule has 2 unspecified atom stereocenters. The van der Waals surface area contributed by atoms with Crippen molar-refractivity contribution in [3.05, 3.63) is 58.6 Å². The molecule has 37 heavy (non-hydrogen) atoms. The second-order valence-corrected chi connectivity index (χ2v) is 11.5. The minimum Gasteiger partial charge on any atom is -0.385 e. The molecule has 2 atom stereocenters. The van der Waals surface area contributed by atoms with Gasteiger partial charge in [0.05, 0.1) is 18.4 Å². The lowest BCUT2D eigenvalue weighted by Crippen LogP contribution is -2.52. The summed E-state index contributed by atoms with van der Waals surface area (Å²) in [7, 11) is -2.36. The summed E-state index contributed by atoms with van der Waals surface area (Å²) in [5.41, 5.74) is 3.18. The van der Waals surface area contributed by atoms with Crippen molar-refractivity contribution in [3.8, 4) is 0 Å². The van der Waals surface area contributed by atoms with Crippen LogP contribution in [0, 0.1) is 0 Å². The van der Waals surface area contributed by atoms with E-state index < -0.39 is 16.1 Å². The summed E-state index contributed by atoms with van der Waals surface area (Å²) in [4.78, 5) is 35.9. The van der Waals surface area contributed by atoms with Gasteiger partial charge in [-0.15, -0.1) is 0 Å². The number of hydrogen-bond acceptors (Lipinski definition) is 7. The van der Waals surface area contributed by atoms with E-state index in [0.717, 1.165) is 35.6 Å². The minimum atomic E-state index is -3.99. The fraction of sp³-hybridized carbons (Fsp3) is 0.440. The van der Waals surface area contributed by atoms with Crippen LogP contribution in [0.15, 0.2) is 41.6 Å². The molecule has 0 bridgehead atoms. The second-order valence-electron chi connectivity index (χ2n) is 9.27. The highest BCUT2D eigenvalue weighted by Gasteiger charge is 2.41. The number of carbonyl (C=O) groups is 2. The number of sulfonamides is 1. The molecular formula is C25H28ClN5O5S. The van der Waals surface area contributed by atoms with Crippen LogP contribution in [-0.2, 0) is 19.6 Å². The Morgan fingerprint density at radius 1 is 1.24 bits per heavy atom. The number of halogens is 1. The number of rotatable bonds is 8. The van der Waals surface area contributed by atoms with Gasteiger partial charge in [0, 0.05) is 43.6 Å². The van der Waals surface area contributed by atoms with Crippen LogP contribution in [0.2, 0.25) is 5.28 Å². The zero-order valence-corrected chi connectivity index (χ0v) is 22.0. The van der Waals surface area contributed by atoms with Gasteiger partial charge >= 0.3 is 0 Å². The van der Waals surface area contributed by atoms with Crippen LogP contribution in [0.3, 0.4) is 0 Å². The first-order chi connectivity index (χ1) is 17.8. The van der Waals surface area contributed by atoms with Crippen LogP contribution in [0.4, 0.5) is 0 Å². The molecule has 1 aliphatic carbocycles. The Morgan fingerprint density at radius 2 is 2.03 bits per heavy atom. The zero-order valence-electron chi connectivity index (χ0n) is 20.4. The fourth-order valence-corrected chi connectivity index (χ4v) is 6.95. The number of ether oxygens (including phenoxy) is 1. The molecule has 2 aliphatic heterocycles. The molecule has 0 spiro atoms. The summed E-state index contributed by atoms with van der Waals surface area (Å²) in [6, 6.07) is 4.32. The molecule has 12 heteroatoms. The van der Waals surface area contributed by atoms with Gasteiger partial charge in [-0.2, -0.15) is 4.31 Å². The molecular weight excluding hydrogens is 518 g/mol. The molecule has 2 aromatic rings. The predicted octanol–water partition coefficient (Wildman–Crippen LogP) is 2.77.